The number of aryl methyl sites for hydroxylation is 2. The number of imidazole rings is 1. The highest BCUT2D eigenvalue weighted by molar-refractivity contribution is 5.62. The van der Waals surface area contributed by atoms with Gasteiger partial charge in [0.1, 0.15) is 5.82 Å². The molecule has 4 nitrogen and oxygen atoms in total. The maximum atomic E-state index is 5.33. The van der Waals surface area contributed by atoms with Crippen LogP contribution in [0.1, 0.15) is 24.2 Å². The zero-order chi connectivity index (χ0) is 13.2. The van der Waals surface area contributed by atoms with Gasteiger partial charge in [-0.15, -0.1) is 0 Å². The van der Waals surface area contributed by atoms with Crippen LogP contribution in [0.15, 0.2) is 18.2 Å². The van der Waals surface area contributed by atoms with Crippen LogP contribution in [-0.2, 0) is 12.8 Å². The summed E-state index contributed by atoms with van der Waals surface area (Å²) >= 11 is 0. The van der Waals surface area contributed by atoms with E-state index in [0.717, 1.165) is 35.7 Å². The maximum Gasteiger partial charge on any atom is 0.161 e. The van der Waals surface area contributed by atoms with Crippen molar-refractivity contribution in [2.24, 2.45) is 0 Å². The third kappa shape index (κ3) is 2.18. The van der Waals surface area contributed by atoms with Crippen LogP contribution in [-0.4, -0.2) is 24.2 Å². The van der Waals surface area contributed by atoms with Crippen LogP contribution in [0.2, 0.25) is 0 Å². The Hall–Kier alpha value is -1.97. The lowest BCUT2D eigenvalue weighted by molar-refractivity contribution is 0.355. The Kier molecular flexibility index (Phi) is 3.15. The lowest BCUT2D eigenvalue weighted by Gasteiger charge is -2.08. The van der Waals surface area contributed by atoms with E-state index < -0.39 is 0 Å². The molecule has 0 fully saturated rings. The van der Waals surface area contributed by atoms with Gasteiger partial charge in [-0.25, -0.2) is 4.98 Å². The van der Waals surface area contributed by atoms with Crippen LogP contribution in [0.5, 0.6) is 11.5 Å². The van der Waals surface area contributed by atoms with Gasteiger partial charge in [0.05, 0.1) is 19.9 Å². The number of methoxy groups -OCH3 is 2. The molecule has 1 aliphatic carbocycles. The van der Waals surface area contributed by atoms with Crippen LogP contribution in [0.3, 0.4) is 0 Å². The molecule has 3 rings (SSSR count). The number of hydrogen-bond donors (Lipinski definition) is 1. The molecule has 1 aliphatic rings. The lowest BCUT2D eigenvalue weighted by atomic mass is 10.0. The largest absolute Gasteiger partial charge is 0.493 e. The van der Waals surface area contributed by atoms with Gasteiger partial charge in [-0.2, -0.15) is 0 Å². The molecule has 0 radical (unpaired) electrons. The van der Waals surface area contributed by atoms with Gasteiger partial charge in [0.2, 0.25) is 0 Å². The number of benzene rings is 1. The normalized spacial score (nSPS) is 14.0. The average Bonchev–Trinajstić information content (AvgIpc) is 2.90. The summed E-state index contributed by atoms with van der Waals surface area (Å²) in [5.41, 5.74) is 3.54. The smallest absolute Gasteiger partial charge is 0.161 e. The molecule has 1 heterocycles. The Balaban J connectivity index is 1.99. The molecule has 0 bridgehead atoms. The highest BCUT2D eigenvalue weighted by Gasteiger charge is 2.16. The molecular formula is C15H18N2O2. The predicted octanol–water partition coefficient (Wildman–Crippen LogP) is 2.97. The Bertz CT molecular complexity index is 566. The van der Waals surface area contributed by atoms with Gasteiger partial charge in [0.15, 0.2) is 11.5 Å². The minimum absolute atomic E-state index is 0.731. The van der Waals surface area contributed by atoms with E-state index in [1.54, 1.807) is 14.2 Å². The molecule has 1 aromatic heterocycles. The fourth-order valence-electron chi connectivity index (χ4n) is 2.57. The number of H-pyrrole nitrogens is 1. The van der Waals surface area contributed by atoms with Crippen LogP contribution < -0.4 is 9.47 Å². The molecule has 19 heavy (non-hydrogen) atoms. The van der Waals surface area contributed by atoms with E-state index in [2.05, 4.69) is 4.98 Å². The minimum Gasteiger partial charge on any atom is -0.493 e. The molecule has 0 aliphatic heterocycles. The Morgan fingerprint density at radius 3 is 2.58 bits per heavy atom. The highest BCUT2D eigenvalue weighted by atomic mass is 16.5. The van der Waals surface area contributed by atoms with Crippen LogP contribution in [0.4, 0.5) is 0 Å². The quantitative estimate of drug-likeness (QED) is 0.920. The molecule has 2 aromatic rings. The second kappa shape index (κ2) is 4.96. The van der Waals surface area contributed by atoms with Crippen molar-refractivity contribution < 1.29 is 9.47 Å². The first kappa shape index (κ1) is 12.1. The summed E-state index contributed by atoms with van der Waals surface area (Å²) in [6.07, 6.45) is 4.68. The number of fused-ring (bicyclic) bond motifs is 1. The molecule has 1 aromatic carbocycles. The van der Waals surface area contributed by atoms with Gasteiger partial charge in [-0.05, 0) is 43.9 Å². The maximum absolute atomic E-state index is 5.33. The second-order valence-electron chi connectivity index (χ2n) is 4.79. The number of hydrogen-bond acceptors (Lipinski definition) is 3. The number of ether oxygens (including phenoxy) is 2. The molecule has 0 spiro atoms. The zero-order valence-corrected chi connectivity index (χ0v) is 11.3. The molecule has 100 valence electrons. The summed E-state index contributed by atoms with van der Waals surface area (Å²) in [5, 5.41) is 0. The fourth-order valence-corrected chi connectivity index (χ4v) is 2.57. The first-order valence-corrected chi connectivity index (χ1v) is 6.62. The van der Waals surface area contributed by atoms with Crippen molar-refractivity contribution in [3.63, 3.8) is 0 Å². The van der Waals surface area contributed by atoms with Gasteiger partial charge in [-0.1, -0.05) is 0 Å². The summed E-state index contributed by atoms with van der Waals surface area (Å²) in [6.45, 7) is 0. The summed E-state index contributed by atoms with van der Waals surface area (Å²) in [4.78, 5) is 8.13. The summed E-state index contributed by atoms with van der Waals surface area (Å²) < 4.78 is 10.6. The fraction of sp³-hybridized carbons (Fsp3) is 0.400. The van der Waals surface area contributed by atoms with Gasteiger partial charge in [0.25, 0.3) is 0 Å². The van der Waals surface area contributed by atoms with Crippen molar-refractivity contribution in [1.82, 2.24) is 9.97 Å². The zero-order valence-electron chi connectivity index (χ0n) is 11.3. The number of nitrogens with zero attached hydrogens (tertiary/aromatic N) is 1. The molecule has 0 saturated carbocycles. The van der Waals surface area contributed by atoms with Crippen molar-refractivity contribution in [2.75, 3.05) is 14.2 Å². The predicted molar refractivity (Wildman–Crippen MR) is 73.8 cm³/mol. The van der Waals surface area contributed by atoms with Crippen LogP contribution in [0, 0.1) is 0 Å². The lowest BCUT2D eigenvalue weighted by Crippen LogP contribution is -2.00. The number of nitrogens with one attached hydrogen (secondary N) is 1. The first-order valence-electron chi connectivity index (χ1n) is 6.62. The highest BCUT2D eigenvalue weighted by Crippen LogP contribution is 2.32. The van der Waals surface area contributed by atoms with Crippen molar-refractivity contribution in [2.45, 2.75) is 25.7 Å². The Morgan fingerprint density at radius 1 is 1.05 bits per heavy atom. The van der Waals surface area contributed by atoms with E-state index in [0.29, 0.717) is 0 Å². The summed E-state index contributed by atoms with van der Waals surface area (Å²) in [6, 6.07) is 5.88. The molecule has 1 N–H and O–H groups in total. The first-order chi connectivity index (χ1) is 9.31. The molecule has 0 saturated heterocycles. The van der Waals surface area contributed by atoms with Crippen molar-refractivity contribution in [3.05, 3.63) is 29.6 Å². The van der Waals surface area contributed by atoms with Crippen molar-refractivity contribution in [1.29, 1.82) is 0 Å². The van der Waals surface area contributed by atoms with Crippen LogP contribution in [0.25, 0.3) is 11.4 Å². The molecule has 0 amide bonds. The van der Waals surface area contributed by atoms with Gasteiger partial charge >= 0.3 is 0 Å². The van der Waals surface area contributed by atoms with Gasteiger partial charge < -0.3 is 14.5 Å². The Morgan fingerprint density at radius 2 is 1.84 bits per heavy atom. The molecular weight excluding hydrogens is 240 g/mol. The van der Waals surface area contributed by atoms with E-state index in [4.69, 9.17) is 14.5 Å². The van der Waals surface area contributed by atoms with E-state index in [1.165, 1.54) is 24.2 Å². The van der Waals surface area contributed by atoms with Crippen LogP contribution >= 0.6 is 0 Å². The number of aromatic amines is 1. The van der Waals surface area contributed by atoms with Crippen molar-refractivity contribution >= 4 is 0 Å². The monoisotopic (exact) mass is 258 g/mol. The van der Waals surface area contributed by atoms with Crippen molar-refractivity contribution in [3.8, 4) is 22.9 Å². The van der Waals surface area contributed by atoms with E-state index in [9.17, 15) is 0 Å². The minimum atomic E-state index is 0.731. The van der Waals surface area contributed by atoms with E-state index in [1.807, 2.05) is 18.2 Å². The number of aromatic nitrogens is 2. The van der Waals surface area contributed by atoms with Gasteiger partial charge in [0, 0.05) is 11.3 Å². The third-order valence-corrected chi connectivity index (χ3v) is 3.61. The standard InChI is InChI=1S/C15H18N2O2/c1-18-13-8-7-10(9-14(13)19-2)15-16-11-5-3-4-6-12(11)17-15/h7-9H,3-6H2,1-2H3,(H,16,17). The molecule has 0 unspecified atom stereocenters. The second-order valence-corrected chi connectivity index (χ2v) is 4.79. The third-order valence-electron chi connectivity index (χ3n) is 3.61. The average molecular weight is 258 g/mol. The molecule has 0 atom stereocenters. The summed E-state index contributed by atoms with van der Waals surface area (Å²) in [5.74, 6) is 2.39. The van der Waals surface area contributed by atoms with E-state index in [-0.39, 0.29) is 0 Å². The number of rotatable bonds is 3. The van der Waals surface area contributed by atoms with Gasteiger partial charge in [-0.3, -0.25) is 0 Å². The topological polar surface area (TPSA) is 47.1 Å². The Labute approximate surface area is 112 Å². The van der Waals surface area contributed by atoms with E-state index >= 15 is 0 Å². The summed E-state index contributed by atoms with van der Waals surface area (Å²) in [7, 11) is 3.29. The molecule has 4 heteroatoms. The SMILES string of the molecule is COc1ccc(-c2nc3c([nH]2)CCCC3)cc1OC.